The highest BCUT2D eigenvalue weighted by Gasteiger charge is 2.63. The lowest BCUT2D eigenvalue weighted by Gasteiger charge is -2.62. The maximum atomic E-state index is 10.7. The maximum absolute atomic E-state index is 10.7. The van der Waals surface area contributed by atoms with Crippen LogP contribution in [0.3, 0.4) is 0 Å². The number of hydrogen-bond acceptors (Lipinski definition) is 3. The van der Waals surface area contributed by atoms with Crippen molar-refractivity contribution in [3.63, 3.8) is 0 Å². The molecule has 0 bridgehead atoms. The average molecular weight is 391 g/mol. The first-order chi connectivity index (χ1) is 13.1. The molecule has 160 valence electrons. The van der Waals surface area contributed by atoms with Gasteiger partial charge in [-0.3, -0.25) is 0 Å². The molecule has 0 amide bonds. The van der Waals surface area contributed by atoms with Crippen LogP contribution in [0.1, 0.15) is 86.0 Å². The average Bonchev–Trinajstić information content (AvgIpc) is 2.96. The Morgan fingerprint density at radius 2 is 1.64 bits per heavy atom. The van der Waals surface area contributed by atoms with Gasteiger partial charge in [0.25, 0.3) is 0 Å². The van der Waals surface area contributed by atoms with E-state index < -0.39 is 0 Å². The molecular weight excluding hydrogens is 348 g/mol. The lowest BCUT2D eigenvalue weighted by molar-refractivity contribution is -0.128. The van der Waals surface area contributed by atoms with E-state index in [-0.39, 0.29) is 34.4 Å². The monoisotopic (exact) mass is 390 g/mol. The fraction of sp³-hybridized carbons (Fsp3) is 0.920. The van der Waals surface area contributed by atoms with Crippen molar-refractivity contribution in [3.05, 3.63) is 11.1 Å². The highest BCUT2D eigenvalue weighted by atomic mass is 16.3. The molecule has 0 saturated heterocycles. The Morgan fingerprint density at radius 1 is 0.929 bits per heavy atom. The molecule has 0 aromatic heterocycles. The molecule has 8 atom stereocenters. The molecule has 4 aliphatic rings. The summed E-state index contributed by atoms with van der Waals surface area (Å²) in [4.78, 5) is 0. The zero-order chi connectivity index (χ0) is 20.5. The molecule has 2 saturated carbocycles. The van der Waals surface area contributed by atoms with Crippen LogP contribution < -0.4 is 0 Å². The van der Waals surface area contributed by atoms with E-state index in [4.69, 9.17) is 0 Å². The second-order valence-electron chi connectivity index (χ2n) is 11.7. The molecule has 0 aromatic carbocycles. The fourth-order valence-electron chi connectivity index (χ4n) is 8.79. The van der Waals surface area contributed by atoms with Gasteiger partial charge in [0, 0.05) is 12.0 Å². The summed E-state index contributed by atoms with van der Waals surface area (Å²) in [7, 11) is 0. The van der Waals surface area contributed by atoms with Gasteiger partial charge in [0.1, 0.15) is 0 Å². The van der Waals surface area contributed by atoms with Gasteiger partial charge in [-0.05, 0) is 85.4 Å². The molecule has 4 aliphatic carbocycles. The minimum Gasteiger partial charge on any atom is -0.396 e. The minimum atomic E-state index is -0.386. The van der Waals surface area contributed by atoms with Crippen LogP contribution in [0.4, 0.5) is 0 Å². The van der Waals surface area contributed by atoms with E-state index in [1.807, 2.05) is 0 Å². The third kappa shape index (κ3) is 2.39. The second kappa shape index (κ2) is 6.56. The Balaban J connectivity index is 1.78. The Hall–Kier alpha value is -0.380. The summed E-state index contributed by atoms with van der Waals surface area (Å²) in [5.41, 5.74) is 3.68. The number of rotatable bonds is 3. The number of aliphatic hydroxyl groups is 3. The highest BCUT2D eigenvalue weighted by Crippen LogP contribution is 2.72. The summed E-state index contributed by atoms with van der Waals surface area (Å²) in [5.74, 6) is 1.36. The van der Waals surface area contributed by atoms with Crippen molar-refractivity contribution in [2.24, 2.45) is 39.4 Å². The molecular formula is C25H42O3. The lowest BCUT2D eigenvalue weighted by Crippen LogP contribution is -2.57. The first kappa shape index (κ1) is 20.9. The Bertz CT molecular complexity index is 671. The number of allylic oxidation sites excluding steroid dienone is 2. The molecule has 0 heterocycles. The molecule has 2 fully saturated rings. The van der Waals surface area contributed by atoms with Gasteiger partial charge >= 0.3 is 0 Å². The Morgan fingerprint density at radius 3 is 2.29 bits per heavy atom. The normalized spacial score (nSPS) is 52.1. The summed E-state index contributed by atoms with van der Waals surface area (Å²) < 4.78 is 0. The third-order valence-corrected chi connectivity index (χ3v) is 10.9. The topological polar surface area (TPSA) is 60.7 Å². The van der Waals surface area contributed by atoms with Crippen molar-refractivity contribution in [1.29, 1.82) is 0 Å². The van der Waals surface area contributed by atoms with Crippen LogP contribution in [-0.2, 0) is 0 Å². The fourth-order valence-corrected chi connectivity index (χ4v) is 8.79. The molecule has 0 spiro atoms. The molecule has 3 nitrogen and oxygen atoms in total. The van der Waals surface area contributed by atoms with E-state index in [1.54, 1.807) is 11.1 Å². The zero-order valence-electron chi connectivity index (χ0n) is 18.7. The van der Waals surface area contributed by atoms with Crippen LogP contribution in [0.5, 0.6) is 0 Å². The largest absolute Gasteiger partial charge is 0.396 e. The van der Waals surface area contributed by atoms with Crippen LogP contribution >= 0.6 is 0 Å². The smallest absolute Gasteiger partial charge is 0.0619 e. The first-order valence-electron chi connectivity index (χ1n) is 11.7. The number of fused-ring (bicyclic) bond motifs is 4. The van der Waals surface area contributed by atoms with Crippen molar-refractivity contribution in [2.45, 2.75) is 92.1 Å². The molecule has 28 heavy (non-hydrogen) atoms. The Kier molecular flexibility index (Phi) is 4.89. The summed E-state index contributed by atoms with van der Waals surface area (Å²) in [5, 5.41) is 30.8. The summed E-state index contributed by atoms with van der Waals surface area (Å²) in [6.07, 6.45) is 8.56. The Labute approximate surface area is 171 Å². The van der Waals surface area contributed by atoms with Gasteiger partial charge in [-0.1, -0.05) is 45.8 Å². The van der Waals surface area contributed by atoms with Crippen molar-refractivity contribution >= 4 is 0 Å². The van der Waals surface area contributed by atoms with Crippen LogP contribution in [0, 0.1) is 39.4 Å². The summed E-state index contributed by atoms with van der Waals surface area (Å²) >= 11 is 0. The quantitative estimate of drug-likeness (QED) is 0.612. The van der Waals surface area contributed by atoms with Gasteiger partial charge in [-0.25, -0.2) is 0 Å². The van der Waals surface area contributed by atoms with E-state index in [2.05, 4.69) is 34.6 Å². The summed E-state index contributed by atoms with van der Waals surface area (Å²) in [6.45, 7) is 12.2. The number of aliphatic hydroxyl groups excluding tert-OH is 3. The van der Waals surface area contributed by atoms with Crippen LogP contribution in [-0.4, -0.2) is 34.6 Å². The standard InChI is InChI=1S/C25H42O3/c1-16(14-26)17-8-12-25(5)19-6-7-20-22(2,18(19)9-13-24(17,25)4)11-10-21(28)23(20,3)15-27/h16-17,20-21,26-28H,6-15H2,1-5H3/t16-,17-,20-,21+,22-,23-,24-,25+/m1/s1. The van der Waals surface area contributed by atoms with Crippen LogP contribution in [0.2, 0.25) is 0 Å². The predicted octanol–water partition coefficient (Wildman–Crippen LogP) is 4.70. The number of hydrogen-bond donors (Lipinski definition) is 3. The van der Waals surface area contributed by atoms with Crippen molar-refractivity contribution < 1.29 is 15.3 Å². The third-order valence-electron chi connectivity index (χ3n) is 10.9. The van der Waals surface area contributed by atoms with Gasteiger partial charge in [0.05, 0.1) is 12.7 Å². The molecule has 0 unspecified atom stereocenters. The SMILES string of the molecule is C[C@H](CO)[C@H]1CC[C@@]2(C)C3=C(CC[C@]12C)[C@@]1(C)CC[C@H](O)[C@](C)(CO)[C@@H]1CC3. The highest BCUT2D eigenvalue weighted by molar-refractivity contribution is 5.38. The second-order valence-corrected chi connectivity index (χ2v) is 11.7. The maximum Gasteiger partial charge on any atom is 0.0619 e. The zero-order valence-corrected chi connectivity index (χ0v) is 18.7. The molecule has 0 radical (unpaired) electrons. The molecule has 0 aromatic rings. The van der Waals surface area contributed by atoms with E-state index in [9.17, 15) is 15.3 Å². The summed E-state index contributed by atoms with van der Waals surface area (Å²) in [6, 6.07) is 0. The first-order valence-corrected chi connectivity index (χ1v) is 11.7. The van der Waals surface area contributed by atoms with E-state index in [1.165, 1.54) is 25.7 Å². The van der Waals surface area contributed by atoms with E-state index in [0.717, 1.165) is 25.7 Å². The van der Waals surface area contributed by atoms with Gasteiger partial charge in [-0.2, -0.15) is 0 Å². The van der Waals surface area contributed by atoms with Crippen molar-refractivity contribution in [3.8, 4) is 0 Å². The van der Waals surface area contributed by atoms with E-state index in [0.29, 0.717) is 24.4 Å². The van der Waals surface area contributed by atoms with Crippen LogP contribution in [0.15, 0.2) is 11.1 Å². The van der Waals surface area contributed by atoms with E-state index >= 15 is 0 Å². The molecule has 3 N–H and O–H groups in total. The molecule has 4 rings (SSSR count). The van der Waals surface area contributed by atoms with Gasteiger partial charge < -0.3 is 15.3 Å². The van der Waals surface area contributed by atoms with Gasteiger partial charge in [0.2, 0.25) is 0 Å². The molecule has 0 aliphatic heterocycles. The predicted molar refractivity (Wildman–Crippen MR) is 113 cm³/mol. The lowest BCUT2D eigenvalue weighted by atomic mass is 9.43. The van der Waals surface area contributed by atoms with Gasteiger partial charge in [0.15, 0.2) is 0 Å². The van der Waals surface area contributed by atoms with Crippen molar-refractivity contribution in [2.75, 3.05) is 13.2 Å². The minimum absolute atomic E-state index is 0.0854. The van der Waals surface area contributed by atoms with Gasteiger partial charge in [-0.15, -0.1) is 0 Å². The van der Waals surface area contributed by atoms with Crippen molar-refractivity contribution in [1.82, 2.24) is 0 Å². The van der Waals surface area contributed by atoms with Crippen LogP contribution in [0.25, 0.3) is 0 Å². The molecule has 3 heteroatoms.